The van der Waals surface area contributed by atoms with Crippen LogP contribution in [0.15, 0.2) is 47.7 Å². The Labute approximate surface area is 178 Å². The van der Waals surface area contributed by atoms with Crippen LogP contribution < -0.4 is 10.2 Å². The second-order valence-corrected chi connectivity index (χ2v) is 7.19. The van der Waals surface area contributed by atoms with Crippen LogP contribution >= 0.6 is 0 Å². The lowest BCUT2D eigenvalue weighted by Crippen LogP contribution is -2.57. The number of esters is 1. The van der Waals surface area contributed by atoms with E-state index in [-0.39, 0.29) is 6.61 Å². The lowest BCUT2D eigenvalue weighted by molar-refractivity contribution is -0.153. The second kappa shape index (κ2) is 9.07. The zero-order chi connectivity index (χ0) is 21.8. The number of aliphatic imine (C=N–C) groups is 1. The molecule has 9 nitrogen and oxygen atoms in total. The molecule has 2 aliphatic rings. The maximum absolute atomic E-state index is 13.4. The average molecular weight is 426 g/mol. The highest BCUT2D eigenvalue weighted by molar-refractivity contribution is 6.08. The standard InChI is InChI=1S/C21H23FN6O3/c1-2-31-19(30)16-17(14-4-6-15(22)7-5-14)25-21(26-18(16)29)28-12-10-27(11-13-28)20-23-8-3-9-24-20/h3-9,16-17H,2,10-13H2,1H3,(H,25,26,29)/t16-,17-/m1/s1. The van der Waals surface area contributed by atoms with Crippen LogP contribution in [0.2, 0.25) is 0 Å². The minimum absolute atomic E-state index is 0.152. The number of ether oxygens (including phenoxy) is 1. The van der Waals surface area contributed by atoms with Crippen molar-refractivity contribution < 1.29 is 18.7 Å². The van der Waals surface area contributed by atoms with Crippen LogP contribution in [0.4, 0.5) is 10.3 Å². The summed E-state index contributed by atoms with van der Waals surface area (Å²) in [5.41, 5.74) is 0.572. The average Bonchev–Trinajstić information content (AvgIpc) is 2.80. The molecule has 0 bridgehead atoms. The van der Waals surface area contributed by atoms with Gasteiger partial charge < -0.3 is 14.5 Å². The molecular weight excluding hydrogens is 403 g/mol. The molecule has 0 radical (unpaired) electrons. The van der Waals surface area contributed by atoms with E-state index in [2.05, 4.69) is 25.2 Å². The van der Waals surface area contributed by atoms with Gasteiger partial charge in [0, 0.05) is 38.6 Å². The first-order valence-electron chi connectivity index (χ1n) is 10.1. The summed E-state index contributed by atoms with van der Waals surface area (Å²) in [5, 5.41) is 2.75. The quantitative estimate of drug-likeness (QED) is 0.578. The predicted octanol–water partition coefficient (Wildman–Crippen LogP) is 1.14. The van der Waals surface area contributed by atoms with Crippen LogP contribution in [-0.4, -0.2) is 65.5 Å². The molecule has 0 aliphatic carbocycles. The fourth-order valence-corrected chi connectivity index (χ4v) is 3.70. The number of nitrogens with zero attached hydrogens (tertiary/aromatic N) is 5. The summed E-state index contributed by atoms with van der Waals surface area (Å²) < 4.78 is 18.5. The van der Waals surface area contributed by atoms with Crippen LogP contribution in [0.1, 0.15) is 18.5 Å². The van der Waals surface area contributed by atoms with Crippen LogP contribution in [0.5, 0.6) is 0 Å². The van der Waals surface area contributed by atoms with Crippen LogP contribution in [0, 0.1) is 11.7 Å². The maximum atomic E-state index is 13.4. The minimum atomic E-state index is -1.13. The molecule has 1 aromatic heterocycles. The van der Waals surface area contributed by atoms with Crippen molar-refractivity contribution in [3.63, 3.8) is 0 Å². The fourth-order valence-electron chi connectivity index (χ4n) is 3.70. The van der Waals surface area contributed by atoms with Gasteiger partial charge in [0.25, 0.3) is 0 Å². The topological polar surface area (TPSA) is 100 Å². The first-order valence-corrected chi connectivity index (χ1v) is 10.1. The van der Waals surface area contributed by atoms with E-state index in [0.717, 1.165) is 0 Å². The molecule has 31 heavy (non-hydrogen) atoms. The number of carbonyl (C=O) groups excluding carboxylic acids is 2. The van der Waals surface area contributed by atoms with Crippen molar-refractivity contribution in [2.75, 3.05) is 37.7 Å². The normalized spacial score (nSPS) is 21.4. The lowest BCUT2D eigenvalue weighted by Gasteiger charge is -2.38. The molecule has 1 aromatic carbocycles. The monoisotopic (exact) mass is 426 g/mol. The molecule has 2 aliphatic heterocycles. The van der Waals surface area contributed by atoms with Gasteiger partial charge in [0.1, 0.15) is 11.9 Å². The van der Waals surface area contributed by atoms with Crippen molar-refractivity contribution in [2.45, 2.75) is 13.0 Å². The molecule has 1 saturated heterocycles. The van der Waals surface area contributed by atoms with E-state index in [4.69, 9.17) is 4.74 Å². The second-order valence-electron chi connectivity index (χ2n) is 7.19. The molecule has 2 atom stereocenters. The summed E-state index contributed by atoms with van der Waals surface area (Å²) in [5.74, 6) is -1.61. The smallest absolute Gasteiger partial charge is 0.321 e. The third-order valence-corrected chi connectivity index (χ3v) is 5.26. The molecule has 2 aromatic rings. The lowest BCUT2D eigenvalue weighted by atomic mass is 9.91. The summed E-state index contributed by atoms with van der Waals surface area (Å²) in [7, 11) is 0. The first kappa shape index (κ1) is 20.7. The third-order valence-electron chi connectivity index (χ3n) is 5.26. The van der Waals surface area contributed by atoms with Crippen molar-refractivity contribution in [3.8, 4) is 0 Å². The number of anilines is 1. The Balaban J connectivity index is 1.56. The Morgan fingerprint density at radius 2 is 1.77 bits per heavy atom. The van der Waals surface area contributed by atoms with Crippen LogP contribution in [0.3, 0.4) is 0 Å². The number of amides is 1. The number of hydrogen-bond donors (Lipinski definition) is 1. The number of guanidine groups is 1. The summed E-state index contributed by atoms with van der Waals surface area (Å²) in [4.78, 5) is 42.6. The van der Waals surface area contributed by atoms with Crippen molar-refractivity contribution in [1.82, 2.24) is 20.2 Å². The van der Waals surface area contributed by atoms with E-state index in [1.165, 1.54) is 24.3 Å². The Kier molecular flexibility index (Phi) is 6.06. The molecular formula is C21H23FN6O3. The van der Waals surface area contributed by atoms with E-state index in [1.54, 1.807) is 25.4 Å². The Bertz CT molecular complexity index is 961. The fraction of sp³-hybridized carbons (Fsp3) is 0.381. The molecule has 4 rings (SSSR count). The van der Waals surface area contributed by atoms with Gasteiger partial charge in [0.05, 0.1) is 6.61 Å². The highest BCUT2D eigenvalue weighted by Crippen LogP contribution is 2.31. The van der Waals surface area contributed by atoms with E-state index in [0.29, 0.717) is 43.7 Å². The van der Waals surface area contributed by atoms with Gasteiger partial charge in [-0.05, 0) is 30.7 Å². The Morgan fingerprint density at radius 3 is 2.42 bits per heavy atom. The summed E-state index contributed by atoms with van der Waals surface area (Å²) in [6.07, 6.45) is 3.39. The first-order chi connectivity index (χ1) is 15.1. The Hall–Kier alpha value is -3.56. The Morgan fingerprint density at radius 1 is 1.13 bits per heavy atom. The van der Waals surface area contributed by atoms with Gasteiger partial charge in [-0.25, -0.2) is 19.4 Å². The zero-order valence-corrected chi connectivity index (χ0v) is 17.1. The largest absolute Gasteiger partial charge is 0.465 e. The highest BCUT2D eigenvalue weighted by Gasteiger charge is 2.42. The molecule has 1 N–H and O–H groups in total. The van der Waals surface area contributed by atoms with Gasteiger partial charge in [-0.1, -0.05) is 12.1 Å². The number of aromatic nitrogens is 2. The van der Waals surface area contributed by atoms with Gasteiger partial charge in [-0.15, -0.1) is 0 Å². The van der Waals surface area contributed by atoms with Crippen molar-refractivity contribution in [3.05, 3.63) is 54.1 Å². The van der Waals surface area contributed by atoms with Gasteiger partial charge in [0.15, 0.2) is 5.92 Å². The maximum Gasteiger partial charge on any atom is 0.321 e. The molecule has 162 valence electrons. The number of piperazine rings is 1. The van der Waals surface area contributed by atoms with Crippen molar-refractivity contribution in [1.29, 1.82) is 0 Å². The molecule has 0 spiro atoms. The van der Waals surface area contributed by atoms with Gasteiger partial charge >= 0.3 is 5.97 Å². The van der Waals surface area contributed by atoms with Crippen molar-refractivity contribution >= 4 is 23.8 Å². The number of carbonyl (C=O) groups is 2. The third kappa shape index (κ3) is 4.47. The predicted molar refractivity (Wildman–Crippen MR) is 111 cm³/mol. The summed E-state index contributed by atoms with van der Waals surface area (Å²) >= 11 is 0. The molecule has 1 amide bonds. The van der Waals surface area contributed by atoms with E-state index in [1.807, 2.05) is 4.90 Å². The SMILES string of the molecule is CCOC(=O)[C@H]1C(=O)NC(N2CCN(c3ncccn3)CC2)=N[C@@H]1c1ccc(F)cc1. The molecule has 1 fully saturated rings. The molecule has 3 heterocycles. The van der Waals surface area contributed by atoms with Crippen molar-refractivity contribution in [2.24, 2.45) is 10.9 Å². The number of hydrogen-bond acceptors (Lipinski definition) is 8. The van der Waals surface area contributed by atoms with E-state index in [9.17, 15) is 14.0 Å². The van der Waals surface area contributed by atoms with E-state index >= 15 is 0 Å². The van der Waals surface area contributed by atoms with Gasteiger partial charge in [0.2, 0.25) is 17.8 Å². The summed E-state index contributed by atoms with van der Waals surface area (Å²) in [6, 6.07) is 6.63. The summed E-state index contributed by atoms with van der Waals surface area (Å²) in [6.45, 7) is 4.33. The number of nitrogens with one attached hydrogen (secondary N) is 1. The molecule has 0 saturated carbocycles. The molecule has 0 unspecified atom stereocenters. The number of benzene rings is 1. The zero-order valence-electron chi connectivity index (χ0n) is 17.1. The number of halogens is 1. The molecule has 10 heteroatoms. The number of rotatable bonds is 4. The van der Waals surface area contributed by atoms with Gasteiger partial charge in [-0.2, -0.15) is 0 Å². The highest BCUT2D eigenvalue weighted by atomic mass is 19.1. The van der Waals surface area contributed by atoms with Crippen LogP contribution in [0.25, 0.3) is 0 Å². The van der Waals surface area contributed by atoms with Crippen LogP contribution in [-0.2, 0) is 14.3 Å². The van der Waals surface area contributed by atoms with E-state index < -0.39 is 29.7 Å². The van der Waals surface area contributed by atoms with Gasteiger partial charge in [-0.3, -0.25) is 14.9 Å². The minimum Gasteiger partial charge on any atom is -0.465 e.